The van der Waals surface area contributed by atoms with Gasteiger partial charge in [0.1, 0.15) is 0 Å². The van der Waals surface area contributed by atoms with Crippen LogP contribution in [0.4, 0.5) is 0 Å². The van der Waals surface area contributed by atoms with Gasteiger partial charge in [0.25, 0.3) is 0 Å². The van der Waals surface area contributed by atoms with Gasteiger partial charge in [0.2, 0.25) is 0 Å². The summed E-state index contributed by atoms with van der Waals surface area (Å²) in [7, 11) is 0. The third-order valence-electron chi connectivity index (χ3n) is 0.503. The zero-order valence-corrected chi connectivity index (χ0v) is 7.78. The van der Waals surface area contributed by atoms with Crippen LogP contribution < -0.4 is 0 Å². The second-order valence-corrected chi connectivity index (χ2v) is 2.45. The fraction of sp³-hybridized carbons (Fsp3) is 0.286. The van der Waals surface area contributed by atoms with Gasteiger partial charge in [-0.25, -0.2) is 0 Å². The molecular formula is C7H10Cl2O2. The van der Waals surface area contributed by atoms with Crippen molar-refractivity contribution in [2.75, 3.05) is 0 Å². The van der Waals surface area contributed by atoms with Crippen LogP contribution in [0.5, 0.6) is 0 Å². The minimum atomic E-state index is -0.241. The van der Waals surface area contributed by atoms with Crippen molar-refractivity contribution in [3.8, 4) is 0 Å². The highest BCUT2D eigenvalue weighted by molar-refractivity contribution is 6.55. The minimum absolute atomic E-state index is 0.111. The molecule has 0 N–H and O–H groups in total. The number of carbonyl (C=O) groups is 1. The van der Waals surface area contributed by atoms with Gasteiger partial charge < -0.3 is 4.74 Å². The minimum Gasteiger partial charge on any atom is -0.435 e. The monoisotopic (exact) mass is 196 g/mol. The van der Waals surface area contributed by atoms with Crippen LogP contribution in [-0.4, -0.2) is 5.97 Å². The van der Waals surface area contributed by atoms with E-state index in [0.29, 0.717) is 6.42 Å². The van der Waals surface area contributed by atoms with Gasteiger partial charge >= 0.3 is 5.97 Å². The van der Waals surface area contributed by atoms with Crippen LogP contribution in [-0.2, 0) is 9.53 Å². The van der Waals surface area contributed by atoms with Crippen molar-refractivity contribution in [1.29, 1.82) is 0 Å². The molecule has 0 aromatic rings. The number of rotatable bonds is 2. The largest absolute Gasteiger partial charge is 0.435 e. The van der Waals surface area contributed by atoms with Crippen LogP contribution in [0.15, 0.2) is 23.9 Å². The molecule has 64 valence electrons. The average molecular weight is 197 g/mol. The zero-order valence-electron chi connectivity index (χ0n) is 6.27. The predicted molar refractivity (Wildman–Crippen MR) is 47.4 cm³/mol. The van der Waals surface area contributed by atoms with Gasteiger partial charge in [0.15, 0.2) is 0 Å². The molecule has 0 radical (unpaired) electrons. The van der Waals surface area contributed by atoms with Gasteiger partial charge in [-0.1, -0.05) is 43.3 Å². The lowest BCUT2D eigenvalue weighted by molar-refractivity contribution is -0.137. The van der Waals surface area contributed by atoms with Crippen LogP contribution in [0.3, 0.4) is 0 Å². The van der Waals surface area contributed by atoms with Crippen molar-refractivity contribution in [2.24, 2.45) is 0 Å². The maximum absolute atomic E-state index is 10.1. The van der Waals surface area contributed by atoms with Crippen LogP contribution >= 0.6 is 23.2 Å². The molecule has 0 heterocycles. The Hall–Kier alpha value is -0.470. The molecule has 0 aliphatic rings. The first-order valence-corrected chi connectivity index (χ1v) is 3.60. The van der Waals surface area contributed by atoms with E-state index in [1.54, 1.807) is 6.92 Å². The van der Waals surface area contributed by atoms with Crippen molar-refractivity contribution < 1.29 is 9.53 Å². The van der Waals surface area contributed by atoms with Gasteiger partial charge in [-0.3, -0.25) is 4.79 Å². The Kier molecular flexibility index (Phi) is 11.4. The molecule has 0 unspecified atom stereocenters. The molecular weight excluding hydrogens is 187 g/mol. The van der Waals surface area contributed by atoms with Crippen LogP contribution in [0.1, 0.15) is 13.3 Å². The highest BCUT2D eigenvalue weighted by atomic mass is 35.5. The van der Waals surface area contributed by atoms with E-state index >= 15 is 0 Å². The van der Waals surface area contributed by atoms with Crippen LogP contribution in [0.2, 0.25) is 0 Å². The summed E-state index contributed by atoms with van der Waals surface area (Å²) in [6.45, 7) is 8.02. The number of ether oxygens (including phenoxy) is 1. The van der Waals surface area contributed by atoms with E-state index < -0.39 is 0 Å². The van der Waals surface area contributed by atoms with Gasteiger partial charge in [0.05, 0.1) is 10.8 Å². The Balaban J connectivity index is 0. The molecule has 0 spiro atoms. The molecule has 0 rings (SSSR count). The Morgan fingerprint density at radius 3 is 2.09 bits per heavy atom. The van der Waals surface area contributed by atoms with E-state index in [1.165, 1.54) is 0 Å². The van der Waals surface area contributed by atoms with Crippen molar-refractivity contribution in [3.63, 3.8) is 0 Å². The molecule has 0 fully saturated rings. The molecule has 2 nitrogen and oxygen atoms in total. The summed E-state index contributed by atoms with van der Waals surface area (Å²) in [5.74, 6) is -0.241. The van der Waals surface area contributed by atoms with Crippen molar-refractivity contribution in [1.82, 2.24) is 0 Å². The molecule has 4 heteroatoms. The fourth-order valence-corrected chi connectivity index (χ4v) is 0.176. The SMILES string of the molecule is C=C(Cl)Cl.C=COC(=O)CC. The summed E-state index contributed by atoms with van der Waals surface area (Å²) in [6, 6.07) is 0. The van der Waals surface area contributed by atoms with Crippen molar-refractivity contribution in [2.45, 2.75) is 13.3 Å². The zero-order chi connectivity index (χ0) is 9.28. The maximum Gasteiger partial charge on any atom is 0.310 e. The van der Waals surface area contributed by atoms with E-state index in [2.05, 4.69) is 17.9 Å². The van der Waals surface area contributed by atoms with Gasteiger partial charge in [0, 0.05) is 6.42 Å². The Morgan fingerprint density at radius 2 is 2.00 bits per heavy atom. The fourth-order valence-electron chi connectivity index (χ4n) is 0.176. The number of esters is 1. The highest BCUT2D eigenvalue weighted by Gasteiger charge is 1.89. The lowest BCUT2D eigenvalue weighted by atomic mass is 10.5. The van der Waals surface area contributed by atoms with Gasteiger partial charge in [-0.2, -0.15) is 0 Å². The first-order chi connectivity index (χ1) is 5.04. The molecule has 0 aromatic carbocycles. The molecule has 0 aliphatic heterocycles. The third kappa shape index (κ3) is 26.3. The Labute approximate surface area is 76.4 Å². The second-order valence-electron chi connectivity index (χ2n) is 1.35. The Morgan fingerprint density at radius 1 is 1.64 bits per heavy atom. The first-order valence-electron chi connectivity index (χ1n) is 2.84. The number of carbonyl (C=O) groups excluding carboxylic acids is 1. The first kappa shape index (κ1) is 13.1. The second kappa shape index (κ2) is 9.53. The molecule has 0 atom stereocenters. The lowest BCUT2D eigenvalue weighted by Gasteiger charge is -1.88. The maximum atomic E-state index is 10.1. The molecule has 0 aliphatic carbocycles. The van der Waals surface area contributed by atoms with Crippen LogP contribution in [0.25, 0.3) is 0 Å². The lowest BCUT2D eigenvalue weighted by Crippen LogP contribution is -1.94. The summed E-state index contributed by atoms with van der Waals surface area (Å²) < 4.78 is 4.43. The van der Waals surface area contributed by atoms with E-state index in [9.17, 15) is 4.79 Å². The van der Waals surface area contributed by atoms with E-state index in [0.717, 1.165) is 6.26 Å². The van der Waals surface area contributed by atoms with E-state index in [-0.39, 0.29) is 10.5 Å². The van der Waals surface area contributed by atoms with Gasteiger partial charge in [-0.05, 0) is 0 Å². The standard InChI is InChI=1S/C5H8O2.C2H2Cl2/c1-3-5(6)7-4-2;1-2(3)4/h4H,2-3H2,1H3;1H2. The Bertz CT molecular complexity index is 139. The highest BCUT2D eigenvalue weighted by Crippen LogP contribution is 1.98. The summed E-state index contributed by atoms with van der Waals surface area (Å²) in [5.41, 5.74) is 0. The van der Waals surface area contributed by atoms with Crippen molar-refractivity contribution >= 4 is 29.2 Å². The molecule has 11 heavy (non-hydrogen) atoms. The van der Waals surface area contributed by atoms with Crippen LogP contribution in [0, 0.1) is 0 Å². The topological polar surface area (TPSA) is 26.3 Å². The quantitative estimate of drug-likeness (QED) is 0.502. The van der Waals surface area contributed by atoms with Crippen molar-refractivity contribution in [3.05, 3.63) is 23.9 Å². The average Bonchev–Trinajstić information content (AvgIpc) is 1.87. The van der Waals surface area contributed by atoms with E-state index in [1.807, 2.05) is 0 Å². The molecule has 0 saturated carbocycles. The smallest absolute Gasteiger partial charge is 0.310 e. The summed E-state index contributed by atoms with van der Waals surface area (Å²) >= 11 is 9.69. The third-order valence-corrected chi connectivity index (χ3v) is 0.503. The van der Waals surface area contributed by atoms with Gasteiger partial charge in [-0.15, -0.1) is 0 Å². The number of hydrogen-bond donors (Lipinski definition) is 0. The number of hydrogen-bond acceptors (Lipinski definition) is 2. The summed E-state index contributed by atoms with van der Waals surface area (Å²) in [6.07, 6.45) is 1.54. The molecule has 0 bridgehead atoms. The number of halogens is 2. The normalized spacial score (nSPS) is 7.18. The predicted octanol–water partition coefficient (Wildman–Crippen LogP) is 3.02. The summed E-state index contributed by atoms with van der Waals surface area (Å²) in [5, 5.41) is 0. The van der Waals surface area contributed by atoms with E-state index in [4.69, 9.17) is 23.2 Å². The summed E-state index contributed by atoms with van der Waals surface area (Å²) in [4.78, 5) is 10.1. The molecule has 0 saturated heterocycles. The molecule has 0 amide bonds. The molecule has 0 aromatic heterocycles.